The number of hydrogen-bond acceptors (Lipinski definition) is 9. The molecule has 0 saturated heterocycles. The van der Waals surface area contributed by atoms with Gasteiger partial charge in [0.1, 0.15) is 19.0 Å². The van der Waals surface area contributed by atoms with Gasteiger partial charge in [0.25, 0.3) is 0 Å². The number of nitrogens with zero attached hydrogens (tertiary/aromatic N) is 3. The van der Waals surface area contributed by atoms with E-state index in [1.165, 1.54) is 36.0 Å². The van der Waals surface area contributed by atoms with E-state index in [1.807, 2.05) is 0 Å². The topological polar surface area (TPSA) is 134 Å². The van der Waals surface area contributed by atoms with Crippen LogP contribution in [-0.2, 0) is 48.0 Å². The molecular formula is C21H23F6N3O9S2+2. The van der Waals surface area contributed by atoms with E-state index in [2.05, 4.69) is 0 Å². The highest BCUT2D eigenvalue weighted by Gasteiger charge is 2.70. The molecule has 1 unspecified atom stereocenters. The lowest BCUT2D eigenvalue weighted by Gasteiger charge is -2.17. The molecule has 0 radical (unpaired) electrons. The standard InChI is InChI=1S/C21H23F6N3O9S2/c1-3-4-9-36-19(31)17(29-8-7-28(2)12-29)18(37-11-14-5-6-15-16(10-14)39-13-38-15)30(40(32,33)20(22,23)24)41(34,35)21(25,26)27/h5-8,10,12,17H,3-4,9,11,13H2,1-2H3/q+2. The minimum absolute atomic E-state index is 0.0309. The van der Waals surface area contributed by atoms with Crippen LogP contribution in [0.5, 0.6) is 11.5 Å². The molecule has 0 spiro atoms. The van der Waals surface area contributed by atoms with E-state index in [0.717, 1.165) is 12.5 Å². The molecule has 0 amide bonds. The van der Waals surface area contributed by atoms with Crippen molar-refractivity contribution in [3.63, 3.8) is 0 Å². The summed E-state index contributed by atoms with van der Waals surface area (Å²) in [6.07, 6.45) is 3.74. The quantitative estimate of drug-likeness (QED) is 0.0959. The highest BCUT2D eigenvalue weighted by atomic mass is 32.3. The van der Waals surface area contributed by atoms with Crippen LogP contribution in [-0.4, -0.2) is 61.1 Å². The number of hydrogen-bond donors (Lipinski definition) is 0. The lowest BCUT2D eigenvalue weighted by atomic mass is 10.2. The summed E-state index contributed by atoms with van der Waals surface area (Å²) in [6, 6.07) is 1.15. The summed E-state index contributed by atoms with van der Waals surface area (Å²) in [5.41, 5.74) is -13.2. The summed E-state index contributed by atoms with van der Waals surface area (Å²) in [4.78, 5) is 13.1. The molecule has 2 aromatic rings. The zero-order chi connectivity index (χ0) is 30.8. The lowest BCUT2D eigenvalue weighted by molar-refractivity contribution is -0.671. The predicted molar refractivity (Wildman–Crippen MR) is 123 cm³/mol. The summed E-state index contributed by atoms with van der Waals surface area (Å²) < 4.78 is 152. The van der Waals surface area contributed by atoms with Gasteiger partial charge in [-0.3, -0.25) is 0 Å². The smallest absolute Gasteiger partial charge is 0.462 e. The number of carbonyl (C=O) groups is 1. The molecule has 3 rings (SSSR count). The van der Waals surface area contributed by atoms with Crippen molar-refractivity contribution < 1.29 is 74.9 Å². The number of alkyl halides is 6. The number of imidazole rings is 1. The SMILES string of the molecule is CCCCOC(=O)C(C(OCc1ccc2c(c1)OCO2)=[N+](S(=O)(=O)C(F)(F)F)S(=O)(=O)C(F)(F)F)n1cc[n+](C)c1. The van der Waals surface area contributed by atoms with E-state index in [4.69, 9.17) is 18.9 Å². The van der Waals surface area contributed by atoms with Gasteiger partial charge in [0, 0.05) is 0 Å². The number of aryl methyl sites for hydroxylation is 1. The molecule has 1 aromatic heterocycles. The zero-order valence-corrected chi connectivity index (χ0v) is 22.8. The zero-order valence-electron chi connectivity index (χ0n) is 21.2. The van der Waals surface area contributed by atoms with Gasteiger partial charge in [0.15, 0.2) is 11.5 Å². The largest absolute Gasteiger partial charge is 0.561 e. The summed E-state index contributed by atoms with van der Waals surface area (Å²) in [5, 5.41) is 0. The Bertz CT molecular complexity index is 1490. The van der Waals surface area contributed by atoms with Gasteiger partial charge in [-0.2, -0.15) is 43.2 Å². The normalized spacial score (nSPS) is 14.4. The van der Waals surface area contributed by atoms with Crippen LogP contribution in [0, 0.1) is 0 Å². The number of sulfonamides is 2. The Morgan fingerprint density at radius 3 is 2.20 bits per heavy atom. The first-order valence-corrected chi connectivity index (χ1v) is 14.3. The summed E-state index contributed by atoms with van der Waals surface area (Å²) in [5.74, 6) is -3.33. The minimum Gasteiger partial charge on any atom is -0.462 e. The van der Waals surface area contributed by atoms with Gasteiger partial charge in [-0.05, 0) is 24.1 Å². The first-order chi connectivity index (χ1) is 18.9. The van der Waals surface area contributed by atoms with Gasteiger partial charge < -0.3 is 18.9 Å². The van der Waals surface area contributed by atoms with Crippen molar-refractivity contribution in [2.75, 3.05) is 13.4 Å². The molecular weight excluding hydrogens is 616 g/mol. The van der Waals surface area contributed by atoms with Crippen LogP contribution >= 0.6 is 0 Å². The Morgan fingerprint density at radius 1 is 1.05 bits per heavy atom. The highest BCUT2D eigenvalue weighted by Crippen LogP contribution is 2.35. The lowest BCUT2D eigenvalue weighted by Crippen LogP contribution is -2.49. The minimum atomic E-state index is -7.41. The van der Waals surface area contributed by atoms with Crippen LogP contribution in [0.2, 0.25) is 0 Å². The molecule has 0 aliphatic carbocycles. The second-order valence-electron chi connectivity index (χ2n) is 8.36. The van der Waals surface area contributed by atoms with Crippen molar-refractivity contribution in [2.45, 2.75) is 43.4 Å². The molecule has 12 nitrogen and oxygen atoms in total. The predicted octanol–water partition coefficient (Wildman–Crippen LogP) is 2.25. The fraction of sp³-hybridized carbons (Fsp3) is 0.476. The van der Waals surface area contributed by atoms with Crippen LogP contribution in [0.3, 0.4) is 0 Å². The maximum atomic E-state index is 13.7. The van der Waals surface area contributed by atoms with E-state index in [9.17, 15) is 48.0 Å². The van der Waals surface area contributed by atoms with Crippen LogP contribution in [0.15, 0.2) is 36.9 Å². The number of rotatable bonds is 10. The van der Waals surface area contributed by atoms with Crippen LogP contribution in [0.25, 0.3) is 0 Å². The third-order valence-electron chi connectivity index (χ3n) is 5.31. The van der Waals surface area contributed by atoms with Crippen LogP contribution in [0.1, 0.15) is 31.4 Å². The van der Waals surface area contributed by atoms with Crippen LogP contribution in [0.4, 0.5) is 26.3 Å². The van der Waals surface area contributed by atoms with Crippen molar-refractivity contribution in [1.29, 1.82) is 0 Å². The van der Waals surface area contributed by atoms with Gasteiger partial charge >= 0.3 is 49.0 Å². The van der Waals surface area contributed by atoms with E-state index in [-0.39, 0.29) is 36.9 Å². The van der Waals surface area contributed by atoms with Crippen molar-refractivity contribution >= 4 is 31.9 Å². The molecule has 0 saturated carbocycles. The van der Waals surface area contributed by atoms with Gasteiger partial charge in [-0.25, -0.2) is 13.9 Å². The molecule has 20 heteroatoms. The molecule has 0 N–H and O–H groups in total. The second kappa shape index (κ2) is 11.7. The van der Waals surface area contributed by atoms with Crippen molar-refractivity contribution in [2.24, 2.45) is 7.05 Å². The molecule has 0 fully saturated rings. The number of aromatic nitrogens is 2. The summed E-state index contributed by atoms with van der Waals surface area (Å²) in [6.45, 7) is 0.0771. The Balaban J connectivity index is 2.35. The Morgan fingerprint density at radius 2 is 1.66 bits per heavy atom. The van der Waals surface area contributed by atoms with Gasteiger partial charge in [-0.1, -0.05) is 19.4 Å². The number of benzene rings is 1. The molecule has 2 heterocycles. The van der Waals surface area contributed by atoms with E-state index >= 15 is 0 Å². The van der Waals surface area contributed by atoms with E-state index in [1.54, 1.807) is 6.92 Å². The fourth-order valence-electron chi connectivity index (χ4n) is 3.34. The molecule has 1 atom stereocenters. The molecule has 41 heavy (non-hydrogen) atoms. The van der Waals surface area contributed by atoms with Crippen LogP contribution < -0.4 is 14.0 Å². The van der Waals surface area contributed by atoms with Gasteiger partial charge in [-0.15, -0.1) is 0 Å². The average Bonchev–Trinajstić information content (AvgIpc) is 3.49. The number of fused-ring (bicyclic) bond motifs is 1. The van der Waals surface area contributed by atoms with Crippen molar-refractivity contribution in [1.82, 2.24) is 4.57 Å². The third-order valence-corrected chi connectivity index (χ3v) is 8.89. The summed E-state index contributed by atoms with van der Waals surface area (Å²) in [7, 11) is -13.5. The molecule has 1 aliphatic heterocycles. The maximum Gasteiger partial charge on any atom is 0.561 e. The Labute approximate surface area is 229 Å². The number of unbranched alkanes of at least 4 members (excludes halogenated alkanes) is 1. The third kappa shape index (κ3) is 6.68. The second-order valence-corrected chi connectivity index (χ2v) is 12.2. The van der Waals surface area contributed by atoms with E-state index in [0.29, 0.717) is 11.0 Å². The molecule has 1 aromatic carbocycles. The molecule has 228 valence electrons. The average molecular weight is 640 g/mol. The number of ether oxygens (including phenoxy) is 4. The van der Waals surface area contributed by atoms with E-state index < -0.39 is 59.0 Å². The van der Waals surface area contributed by atoms with Gasteiger partial charge in [0.05, 0.1) is 17.0 Å². The van der Waals surface area contributed by atoms with Gasteiger partial charge in [0.2, 0.25) is 13.1 Å². The molecule has 0 bridgehead atoms. The number of carbonyl (C=O) groups excluding carboxylic acids is 1. The number of halogens is 6. The summed E-state index contributed by atoms with van der Waals surface area (Å²) >= 11 is 0. The first-order valence-electron chi connectivity index (χ1n) is 11.4. The first kappa shape index (κ1) is 32.0. The Hall–Kier alpha value is -3.55. The number of esters is 1. The molecule has 1 aliphatic rings. The maximum absolute atomic E-state index is 13.7. The van der Waals surface area contributed by atoms with Crippen molar-refractivity contribution in [3.05, 3.63) is 42.5 Å². The van der Waals surface area contributed by atoms with Crippen molar-refractivity contribution in [3.8, 4) is 11.5 Å². The monoisotopic (exact) mass is 639 g/mol. The Kier molecular flexibility index (Phi) is 9.16. The highest BCUT2D eigenvalue weighted by molar-refractivity contribution is 7.98. The fourth-order valence-corrected chi connectivity index (χ4v) is 6.04.